The van der Waals surface area contributed by atoms with Gasteiger partial charge in [0.1, 0.15) is 12.4 Å². The standard InChI is InChI=1S/C18H20FNO4/c1-22-15-7-4-8-16(18(15)23-2)24-10-9-20-17(21)12-13-5-3-6-14(19)11-13/h3-8,11H,9-10,12H2,1-2H3,(H,20,21). The maximum Gasteiger partial charge on any atom is 0.224 e. The topological polar surface area (TPSA) is 56.8 Å². The minimum absolute atomic E-state index is 0.125. The monoisotopic (exact) mass is 333 g/mol. The zero-order chi connectivity index (χ0) is 17.4. The van der Waals surface area contributed by atoms with Crippen LogP contribution in [0.25, 0.3) is 0 Å². The van der Waals surface area contributed by atoms with Gasteiger partial charge in [-0.1, -0.05) is 18.2 Å². The second-order valence-corrected chi connectivity index (χ2v) is 5.00. The van der Waals surface area contributed by atoms with Crippen molar-refractivity contribution in [1.29, 1.82) is 0 Å². The minimum Gasteiger partial charge on any atom is -0.493 e. The average molecular weight is 333 g/mol. The highest BCUT2D eigenvalue weighted by Gasteiger charge is 2.10. The van der Waals surface area contributed by atoms with Crippen LogP contribution in [0.1, 0.15) is 5.56 Å². The molecule has 5 nitrogen and oxygen atoms in total. The van der Waals surface area contributed by atoms with Crippen LogP contribution in [-0.2, 0) is 11.2 Å². The van der Waals surface area contributed by atoms with E-state index in [1.165, 1.54) is 19.2 Å². The maximum atomic E-state index is 13.1. The molecule has 1 amide bonds. The highest BCUT2D eigenvalue weighted by atomic mass is 19.1. The minimum atomic E-state index is -0.353. The molecule has 0 fully saturated rings. The van der Waals surface area contributed by atoms with Crippen molar-refractivity contribution in [2.75, 3.05) is 27.4 Å². The zero-order valence-electron chi connectivity index (χ0n) is 13.7. The molecule has 1 N–H and O–H groups in total. The Hall–Kier alpha value is -2.76. The van der Waals surface area contributed by atoms with Gasteiger partial charge in [-0.2, -0.15) is 0 Å². The first-order valence-corrected chi connectivity index (χ1v) is 7.49. The molecule has 0 aliphatic carbocycles. The average Bonchev–Trinajstić information content (AvgIpc) is 2.58. The molecule has 2 rings (SSSR count). The first-order valence-electron chi connectivity index (χ1n) is 7.49. The normalized spacial score (nSPS) is 10.1. The smallest absolute Gasteiger partial charge is 0.224 e. The van der Waals surface area contributed by atoms with E-state index in [9.17, 15) is 9.18 Å². The van der Waals surface area contributed by atoms with Gasteiger partial charge in [0.2, 0.25) is 11.7 Å². The molecular formula is C18H20FNO4. The first-order chi connectivity index (χ1) is 11.6. The summed E-state index contributed by atoms with van der Waals surface area (Å²) >= 11 is 0. The number of para-hydroxylation sites is 1. The number of amides is 1. The fourth-order valence-electron chi connectivity index (χ4n) is 2.22. The zero-order valence-corrected chi connectivity index (χ0v) is 13.7. The quantitative estimate of drug-likeness (QED) is 0.755. The summed E-state index contributed by atoms with van der Waals surface area (Å²) in [6, 6.07) is 11.3. The van der Waals surface area contributed by atoms with E-state index in [1.54, 1.807) is 37.4 Å². The number of ether oxygens (including phenoxy) is 3. The van der Waals surface area contributed by atoms with E-state index in [1.807, 2.05) is 0 Å². The lowest BCUT2D eigenvalue weighted by molar-refractivity contribution is -0.120. The summed E-state index contributed by atoms with van der Waals surface area (Å²) in [5.41, 5.74) is 0.628. The van der Waals surface area contributed by atoms with Crippen LogP contribution in [-0.4, -0.2) is 33.3 Å². The Balaban J connectivity index is 1.80. The molecule has 0 unspecified atom stereocenters. The van der Waals surface area contributed by atoms with Crippen LogP contribution in [0.3, 0.4) is 0 Å². The summed E-state index contributed by atoms with van der Waals surface area (Å²) in [5.74, 6) is 1.07. The Morgan fingerprint density at radius 1 is 1.08 bits per heavy atom. The Bertz CT molecular complexity index is 690. The molecule has 24 heavy (non-hydrogen) atoms. The van der Waals surface area contributed by atoms with Crippen LogP contribution < -0.4 is 19.5 Å². The molecule has 0 aliphatic heterocycles. The van der Waals surface area contributed by atoms with Gasteiger partial charge in [0.25, 0.3) is 0 Å². The van der Waals surface area contributed by atoms with E-state index in [2.05, 4.69) is 5.32 Å². The van der Waals surface area contributed by atoms with E-state index in [0.29, 0.717) is 29.4 Å². The van der Waals surface area contributed by atoms with Gasteiger partial charge in [0.15, 0.2) is 11.5 Å². The molecule has 0 saturated heterocycles. The van der Waals surface area contributed by atoms with Crippen molar-refractivity contribution in [3.8, 4) is 17.2 Å². The summed E-state index contributed by atoms with van der Waals surface area (Å²) in [6.45, 7) is 0.604. The molecule has 0 saturated carbocycles. The van der Waals surface area contributed by atoms with Gasteiger partial charge in [-0.05, 0) is 29.8 Å². The van der Waals surface area contributed by atoms with Gasteiger partial charge in [-0.25, -0.2) is 4.39 Å². The maximum absolute atomic E-state index is 13.1. The predicted molar refractivity (Wildman–Crippen MR) is 88.2 cm³/mol. The van der Waals surface area contributed by atoms with E-state index in [4.69, 9.17) is 14.2 Å². The summed E-state index contributed by atoms with van der Waals surface area (Å²) in [7, 11) is 3.08. The Morgan fingerprint density at radius 2 is 1.83 bits per heavy atom. The van der Waals surface area contributed by atoms with Crippen molar-refractivity contribution in [3.63, 3.8) is 0 Å². The number of carbonyl (C=O) groups excluding carboxylic acids is 1. The number of nitrogens with one attached hydrogen (secondary N) is 1. The van der Waals surface area contributed by atoms with Crippen molar-refractivity contribution >= 4 is 5.91 Å². The van der Waals surface area contributed by atoms with Gasteiger partial charge in [0.05, 0.1) is 27.2 Å². The lowest BCUT2D eigenvalue weighted by atomic mass is 10.1. The number of hydrogen-bond donors (Lipinski definition) is 1. The van der Waals surface area contributed by atoms with Gasteiger partial charge in [-0.15, -0.1) is 0 Å². The van der Waals surface area contributed by atoms with Crippen molar-refractivity contribution in [3.05, 3.63) is 53.8 Å². The van der Waals surface area contributed by atoms with Gasteiger partial charge in [0, 0.05) is 0 Å². The molecule has 0 aliphatic rings. The lowest BCUT2D eigenvalue weighted by Crippen LogP contribution is -2.29. The number of carbonyl (C=O) groups is 1. The summed E-state index contributed by atoms with van der Waals surface area (Å²) in [4.78, 5) is 11.8. The number of benzene rings is 2. The molecular weight excluding hydrogens is 313 g/mol. The van der Waals surface area contributed by atoms with Crippen molar-refractivity contribution in [2.24, 2.45) is 0 Å². The third kappa shape index (κ3) is 4.87. The van der Waals surface area contributed by atoms with Gasteiger partial charge >= 0.3 is 0 Å². The third-order valence-electron chi connectivity index (χ3n) is 3.30. The fourth-order valence-corrected chi connectivity index (χ4v) is 2.22. The Kier molecular flexibility index (Phi) is 6.42. The van der Waals surface area contributed by atoms with Gasteiger partial charge in [-0.3, -0.25) is 4.79 Å². The van der Waals surface area contributed by atoms with Crippen LogP contribution in [0.15, 0.2) is 42.5 Å². The molecule has 0 bridgehead atoms. The van der Waals surface area contributed by atoms with Crippen LogP contribution in [0.4, 0.5) is 4.39 Å². The molecule has 0 aromatic heterocycles. The molecule has 0 heterocycles. The van der Waals surface area contributed by atoms with E-state index >= 15 is 0 Å². The van der Waals surface area contributed by atoms with Crippen LogP contribution in [0, 0.1) is 5.82 Å². The van der Waals surface area contributed by atoms with E-state index in [-0.39, 0.29) is 24.8 Å². The first kappa shape index (κ1) is 17.6. The summed E-state index contributed by atoms with van der Waals surface area (Å²) < 4.78 is 29.1. The molecule has 0 radical (unpaired) electrons. The van der Waals surface area contributed by atoms with Crippen LogP contribution >= 0.6 is 0 Å². The predicted octanol–water partition coefficient (Wildman–Crippen LogP) is 2.58. The molecule has 128 valence electrons. The van der Waals surface area contributed by atoms with Crippen molar-refractivity contribution < 1.29 is 23.4 Å². The molecule has 0 spiro atoms. The summed E-state index contributed by atoms with van der Waals surface area (Å²) in [6.07, 6.45) is 0.125. The largest absolute Gasteiger partial charge is 0.493 e. The second-order valence-electron chi connectivity index (χ2n) is 5.00. The van der Waals surface area contributed by atoms with Crippen LogP contribution in [0.5, 0.6) is 17.2 Å². The van der Waals surface area contributed by atoms with Crippen molar-refractivity contribution in [2.45, 2.75) is 6.42 Å². The Morgan fingerprint density at radius 3 is 2.54 bits per heavy atom. The van der Waals surface area contributed by atoms with Gasteiger partial charge < -0.3 is 19.5 Å². The molecule has 0 atom stereocenters. The van der Waals surface area contributed by atoms with Crippen LogP contribution in [0.2, 0.25) is 0 Å². The SMILES string of the molecule is COc1cccc(OCCNC(=O)Cc2cccc(F)c2)c1OC. The number of rotatable bonds is 8. The fraction of sp³-hybridized carbons (Fsp3) is 0.278. The van der Waals surface area contributed by atoms with E-state index in [0.717, 1.165) is 0 Å². The molecule has 2 aromatic rings. The summed E-state index contributed by atoms with van der Waals surface area (Å²) in [5, 5.41) is 2.73. The molecule has 2 aromatic carbocycles. The number of methoxy groups -OCH3 is 2. The number of halogens is 1. The highest BCUT2D eigenvalue weighted by Crippen LogP contribution is 2.36. The third-order valence-corrected chi connectivity index (χ3v) is 3.30. The highest BCUT2D eigenvalue weighted by molar-refractivity contribution is 5.78. The Labute approximate surface area is 140 Å². The second kappa shape index (κ2) is 8.76. The van der Waals surface area contributed by atoms with Crippen molar-refractivity contribution in [1.82, 2.24) is 5.32 Å². The molecule has 6 heteroatoms. The van der Waals surface area contributed by atoms with E-state index < -0.39 is 0 Å². The number of hydrogen-bond acceptors (Lipinski definition) is 4. The lowest BCUT2D eigenvalue weighted by Gasteiger charge is -2.13.